The van der Waals surface area contributed by atoms with Crippen LogP contribution in [0.25, 0.3) is 0 Å². The molecule has 0 aliphatic rings. The SMILES string of the molecule is Cc1ccc(C(NC(=O)Cn2nc(C)c([N+](=O)[O-])c2C)c2ccccc2)cc1. The predicted molar refractivity (Wildman–Crippen MR) is 106 cm³/mol. The molecule has 28 heavy (non-hydrogen) atoms. The quantitative estimate of drug-likeness (QED) is 0.524. The molecule has 1 atom stereocenters. The maximum absolute atomic E-state index is 12.7. The van der Waals surface area contributed by atoms with Gasteiger partial charge in [0.15, 0.2) is 0 Å². The van der Waals surface area contributed by atoms with Crippen molar-refractivity contribution in [3.8, 4) is 0 Å². The number of aromatic nitrogens is 2. The minimum absolute atomic E-state index is 0.0501. The number of nitro groups is 1. The molecule has 7 heteroatoms. The highest BCUT2D eigenvalue weighted by atomic mass is 16.6. The van der Waals surface area contributed by atoms with Crippen molar-refractivity contribution in [2.75, 3.05) is 0 Å². The van der Waals surface area contributed by atoms with E-state index in [1.165, 1.54) is 4.68 Å². The van der Waals surface area contributed by atoms with Crippen molar-refractivity contribution in [1.82, 2.24) is 15.1 Å². The first kappa shape index (κ1) is 19.3. The maximum atomic E-state index is 12.7. The lowest BCUT2D eigenvalue weighted by molar-refractivity contribution is -0.386. The highest BCUT2D eigenvalue weighted by molar-refractivity contribution is 5.77. The minimum atomic E-state index is -0.467. The van der Waals surface area contributed by atoms with E-state index in [-0.39, 0.29) is 24.2 Å². The number of benzene rings is 2. The van der Waals surface area contributed by atoms with Crippen molar-refractivity contribution in [3.63, 3.8) is 0 Å². The smallest absolute Gasteiger partial charge is 0.312 e. The van der Waals surface area contributed by atoms with Gasteiger partial charge >= 0.3 is 5.69 Å². The fourth-order valence-corrected chi connectivity index (χ4v) is 3.21. The van der Waals surface area contributed by atoms with Crippen molar-refractivity contribution < 1.29 is 9.72 Å². The Balaban J connectivity index is 1.85. The van der Waals surface area contributed by atoms with Gasteiger partial charge in [-0.2, -0.15) is 5.10 Å². The van der Waals surface area contributed by atoms with Crippen LogP contribution in [0.3, 0.4) is 0 Å². The van der Waals surface area contributed by atoms with Gasteiger partial charge in [0.05, 0.1) is 11.0 Å². The number of nitrogens with one attached hydrogen (secondary N) is 1. The van der Waals surface area contributed by atoms with Crippen LogP contribution in [0.4, 0.5) is 5.69 Å². The van der Waals surface area contributed by atoms with Crippen LogP contribution >= 0.6 is 0 Å². The molecule has 0 bridgehead atoms. The monoisotopic (exact) mass is 378 g/mol. The van der Waals surface area contributed by atoms with Gasteiger partial charge in [0.1, 0.15) is 17.9 Å². The third-order valence-electron chi connectivity index (χ3n) is 4.67. The van der Waals surface area contributed by atoms with Crippen molar-refractivity contribution in [2.24, 2.45) is 0 Å². The first-order chi connectivity index (χ1) is 13.4. The van der Waals surface area contributed by atoms with Crippen molar-refractivity contribution in [1.29, 1.82) is 0 Å². The lowest BCUT2D eigenvalue weighted by atomic mass is 9.98. The summed E-state index contributed by atoms with van der Waals surface area (Å²) in [5.74, 6) is -0.269. The summed E-state index contributed by atoms with van der Waals surface area (Å²) in [5, 5.41) is 18.4. The van der Waals surface area contributed by atoms with Gasteiger partial charge in [0, 0.05) is 0 Å². The fraction of sp³-hybridized carbons (Fsp3) is 0.238. The van der Waals surface area contributed by atoms with Crippen molar-refractivity contribution in [3.05, 3.63) is 92.8 Å². The minimum Gasteiger partial charge on any atom is -0.344 e. The van der Waals surface area contributed by atoms with Crippen molar-refractivity contribution in [2.45, 2.75) is 33.4 Å². The van der Waals surface area contributed by atoms with Crippen LogP contribution in [0.1, 0.15) is 34.1 Å². The van der Waals surface area contributed by atoms with Crippen LogP contribution in [-0.4, -0.2) is 20.6 Å². The summed E-state index contributed by atoms with van der Waals surface area (Å²) in [6.45, 7) is 5.09. The Morgan fingerprint density at radius 2 is 1.68 bits per heavy atom. The molecule has 7 nitrogen and oxygen atoms in total. The van der Waals surface area contributed by atoms with Gasteiger partial charge in [-0.15, -0.1) is 0 Å². The number of carbonyl (C=O) groups is 1. The summed E-state index contributed by atoms with van der Waals surface area (Å²) in [6, 6.07) is 17.3. The van der Waals surface area contributed by atoms with Gasteiger partial charge in [0.25, 0.3) is 0 Å². The molecule has 3 aromatic rings. The zero-order valence-electron chi connectivity index (χ0n) is 16.0. The van der Waals surface area contributed by atoms with Crippen LogP contribution in [0.15, 0.2) is 54.6 Å². The Morgan fingerprint density at radius 1 is 1.07 bits per heavy atom. The molecule has 0 radical (unpaired) electrons. The fourth-order valence-electron chi connectivity index (χ4n) is 3.21. The van der Waals surface area contributed by atoms with Gasteiger partial charge in [0.2, 0.25) is 5.91 Å². The number of nitrogens with zero attached hydrogens (tertiary/aromatic N) is 3. The summed E-state index contributed by atoms with van der Waals surface area (Å²) >= 11 is 0. The van der Waals surface area contributed by atoms with E-state index < -0.39 is 4.92 Å². The lowest BCUT2D eigenvalue weighted by Crippen LogP contribution is -2.32. The zero-order valence-corrected chi connectivity index (χ0v) is 16.0. The number of aryl methyl sites for hydroxylation is 2. The second-order valence-corrected chi connectivity index (χ2v) is 6.76. The topological polar surface area (TPSA) is 90.1 Å². The van der Waals surface area contributed by atoms with Crippen LogP contribution in [0.2, 0.25) is 0 Å². The molecule has 0 saturated carbocycles. The number of carbonyl (C=O) groups excluding carboxylic acids is 1. The molecule has 0 spiro atoms. The average Bonchev–Trinajstić information content (AvgIpc) is 2.94. The van der Waals surface area contributed by atoms with Crippen LogP contribution in [-0.2, 0) is 11.3 Å². The molecule has 1 amide bonds. The van der Waals surface area contributed by atoms with Gasteiger partial charge in [-0.1, -0.05) is 60.2 Å². The molecule has 1 N–H and O–H groups in total. The molecule has 0 saturated heterocycles. The molecule has 1 aromatic heterocycles. The van der Waals surface area contributed by atoms with E-state index in [0.717, 1.165) is 16.7 Å². The molecular formula is C21H22N4O3. The maximum Gasteiger partial charge on any atom is 0.312 e. The Morgan fingerprint density at radius 3 is 2.25 bits per heavy atom. The van der Waals surface area contributed by atoms with Crippen molar-refractivity contribution >= 4 is 11.6 Å². The number of amides is 1. The van der Waals surface area contributed by atoms with Crippen LogP contribution < -0.4 is 5.32 Å². The second-order valence-electron chi connectivity index (χ2n) is 6.76. The molecular weight excluding hydrogens is 356 g/mol. The molecule has 3 rings (SSSR count). The Hall–Kier alpha value is -3.48. The average molecular weight is 378 g/mol. The third-order valence-corrected chi connectivity index (χ3v) is 4.67. The third kappa shape index (κ3) is 4.09. The summed E-state index contributed by atoms with van der Waals surface area (Å²) in [5.41, 5.74) is 3.67. The Labute approximate surface area is 163 Å². The highest BCUT2D eigenvalue weighted by Crippen LogP contribution is 2.24. The molecule has 0 aliphatic carbocycles. The molecule has 144 valence electrons. The first-order valence-electron chi connectivity index (χ1n) is 8.96. The van der Waals surface area contributed by atoms with Gasteiger partial charge in [-0.25, -0.2) is 0 Å². The Kier molecular flexibility index (Phi) is 5.54. The van der Waals surface area contributed by atoms with E-state index >= 15 is 0 Å². The van der Waals surface area contributed by atoms with Crippen LogP contribution in [0.5, 0.6) is 0 Å². The predicted octanol–water partition coefficient (Wildman–Crippen LogP) is 3.62. The number of rotatable bonds is 6. The molecule has 1 unspecified atom stereocenters. The van der Waals surface area contributed by atoms with Gasteiger partial charge in [-0.05, 0) is 31.9 Å². The van der Waals surface area contributed by atoms with Crippen LogP contribution in [0, 0.1) is 30.9 Å². The summed E-state index contributed by atoms with van der Waals surface area (Å²) in [4.78, 5) is 23.4. The molecule has 1 heterocycles. The molecule has 0 fully saturated rings. The number of hydrogen-bond donors (Lipinski definition) is 1. The molecule has 2 aromatic carbocycles. The first-order valence-corrected chi connectivity index (χ1v) is 8.96. The normalized spacial score (nSPS) is 11.8. The highest BCUT2D eigenvalue weighted by Gasteiger charge is 2.24. The molecule has 0 aliphatic heterocycles. The summed E-state index contributed by atoms with van der Waals surface area (Å²) in [7, 11) is 0. The standard InChI is InChI=1S/C21H22N4O3/c1-14-9-11-18(12-10-14)20(17-7-5-4-6-8-17)22-19(26)13-24-16(3)21(25(27)28)15(2)23-24/h4-12,20H,13H2,1-3H3,(H,22,26). The summed E-state index contributed by atoms with van der Waals surface area (Å²) < 4.78 is 1.37. The van der Waals surface area contributed by atoms with E-state index in [1.807, 2.05) is 61.5 Å². The van der Waals surface area contributed by atoms with Gasteiger partial charge < -0.3 is 5.32 Å². The van der Waals surface area contributed by atoms with E-state index in [1.54, 1.807) is 13.8 Å². The van der Waals surface area contributed by atoms with E-state index in [4.69, 9.17) is 0 Å². The van der Waals surface area contributed by atoms with E-state index in [9.17, 15) is 14.9 Å². The Bertz CT molecular complexity index is 994. The summed E-state index contributed by atoms with van der Waals surface area (Å²) in [6.07, 6.45) is 0. The zero-order chi connectivity index (χ0) is 20.3. The lowest BCUT2D eigenvalue weighted by Gasteiger charge is -2.20. The largest absolute Gasteiger partial charge is 0.344 e. The number of hydrogen-bond acceptors (Lipinski definition) is 4. The van der Waals surface area contributed by atoms with Gasteiger partial charge in [-0.3, -0.25) is 19.6 Å². The van der Waals surface area contributed by atoms with E-state index in [0.29, 0.717) is 11.4 Å². The van der Waals surface area contributed by atoms with E-state index in [2.05, 4.69) is 10.4 Å². The second kappa shape index (κ2) is 8.04.